The van der Waals surface area contributed by atoms with Crippen molar-refractivity contribution in [3.8, 4) is 0 Å². The monoisotopic (exact) mass is 358 g/mol. The van der Waals surface area contributed by atoms with Crippen LogP contribution in [0, 0.1) is 0 Å². The summed E-state index contributed by atoms with van der Waals surface area (Å²) < 4.78 is 11.9. The SMILES string of the molecule is COCCOCC(O)[C@@H](CO)SCn1cnc2c(N)nc(N)nc21. The van der Waals surface area contributed by atoms with E-state index in [4.69, 9.17) is 20.9 Å². The molecule has 0 amide bonds. The van der Waals surface area contributed by atoms with Crippen molar-refractivity contribution in [1.29, 1.82) is 0 Å². The molecule has 24 heavy (non-hydrogen) atoms. The summed E-state index contributed by atoms with van der Waals surface area (Å²) >= 11 is 1.35. The van der Waals surface area contributed by atoms with E-state index in [1.807, 2.05) is 0 Å². The third kappa shape index (κ3) is 4.68. The van der Waals surface area contributed by atoms with Crippen LogP contribution in [0.4, 0.5) is 11.8 Å². The van der Waals surface area contributed by atoms with Gasteiger partial charge in [-0.15, -0.1) is 11.8 Å². The Morgan fingerprint density at radius 2 is 2.12 bits per heavy atom. The number of fused-ring (bicyclic) bond motifs is 1. The van der Waals surface area contributed by atoms with Crippen molar-refractivity contribution in [2.24, 2.45) is 0 Å². The number of nitrogen functional groups attached to an aromatic ring is 2. The van der Waals surface area contributed by atoms with Crippen LogP contribution in [0.5, 0.6) is 0 Å². The first-order valence-corrected chi connectivity index (χ1v) is 8.32. The zero-order valence-corrected chi connectivity index (χ0v) is 14.1. The Morgan fingerprint density at radius 1 is 1.33 bits per heavy atom. The van der Waals surface area contributed by atoms with E-state index in [0.717, 1.165) is 0 Å². The van der Waals surface area contributed by atoms with Crippen LogP contribution in [0.1, 0.15) is 0 Å². The molecule has 11 heteroatoms. The van der Waals surface area contributed by atoms with Crippen molar-refractivity contribution >= 4 is 34.7 Å². The van der Waals surface area contributed by atoms with Crippen LogP contribution < -0.4 is 11.5 Å². The number of nitrogens with two attached hydrogens (primary N) is 2. The Kier molecular flexibility index (Phi) is 6.99. The van der Waals surface area contributed by atoms with Crippen LogP contribution in [-0.2, 0) is 15.4 Å². The van der Waals surface area contributed by atoms with E-state index in [1.165, 1.54) is 11.8 Å². The van der Waals surface area contributed by atoms with Gasteiger partial charge < -0.3 is 35.7 Å². The fraction of sp³-hybridized carbons (Fsp3) is 0.615. The van der Waals surface area contributed by atoms with E-state index in [1.54, 1.807) is 18.0 Å². The molecule has 0 aliphatic carbocycles. The number of aromatic nitrogens is 4. The number of rotatable bonds is 10. The van der Waals surface area contributed by atoms with Gasteiger partial charge >= 0.3 is 0 Å². The van der Waals surface area contributed by atoms with Crippen molar-refractivity contribution in [3.05, 3.63) is 6.33 Å². The lowest BCUT2D eigenvalue weighted by Gasteiger charge is -2.20. The lowest BCUT2D eigenvalue weighted by atomic mass is 10.3. The lowest BCUT2D eigenvalue weighted by Crippen LogP contribution is -2.32. The second-order valence-corrected chi connectivity index (χ2v) is 6.20. The third-order valence-electron chi connectivity index (χ3n) is 3.27. The fourth-order valence-electron chi connectivity index (χ4n) is 1.99. The number of methoxy groups -OCH3 is 1. The predicted molar refractivity (Wildman–Crippen MR) is 91.3 cm³/mol. The van der Waals surface area contributed by atoms with Crippen LogP contribution in [0.3, 0.4) is 0 Å². The normalized spacial score (nSPS) is 14.1. The maximum Gasteiger partial charge on any atom is 0.224 e. The highest BCUT2D eigenvalue weighted by molar-refractivity contribution is 7.99. The van der Waals surface area contributed by atoms with Crippen molar-refractivity contribution in [3.63, 3.8) is 0 Å². The maximum absolute atomic E-state index is 10.1. The number of ether oxygens (including phenoxy) is 2. The molecular formula is C13H22N6O4S. The topological polar surface area (TPSA) is 155 Å². The maximum atomic E-state index is 10.1. The molecule has 0 bridgehead atoms. The molecule has 0 aliphatic rings. The average Bonchev–Trinajstić information content (AvgIpc) is 2.95. The van der Waals surface area contributed by atoms with Gasteiger partial charge in [0.25, 0.3) is 0 Å². The van der Waals surface area contributed by atoms with Gasteiger partial charge in [0, 0.05) is 7.11 Å². The highest BCUT2D eigenvalue weighted by Gasteiger charge is 2.20. The van der Waals surface area contributed by atoms with Gasteiger partial charge in [0.15, 0.2) is 11.5 Å². The summed E-state index contributed by atoms with van der Waals surface area (Å²) in [6.45, 7) is 0.769. The minimum Gasteiger partial charge on any atom is -0.395 e. The number of imidazole rings is 1. The van der Waals surface area contributed by atoms with E-state index in [0.29, 0.717) is 30.3 Å². The molecule has 2 heterocycles. The van der Waals surface area contributed by atoms with Crippen LogP contribution in [-0.4, -0.2) is 74.6 Å². The van der Waals surface area contributed by atoms with Gasteiger partial charge in [0.2, 0.25) is 5.95 Å². The fourth-order valence-corrected chi connectivity index (χ4v) is 2.94. The van der Waals surface area contributed by atoms with Gasteiger partial charge in [-0.05, 0) is 0 Å². The standard InChI is InChI=1S/C13H22N6O4S/c1-22-2-3-23-5-8(21)9(4-20)24-7-19-6-16-10-11(14)17-13(15)18-12(10)19/h6,8-9,20-21H,2-5,7H2,1H3,(H4,14,15,17,18)/t8?,9-/m1/s1. The molecular weight excluding hydrogens is 336 g/mol. The molecule has 2 atom stereocenters. The number of aliphatic hydroxyl groups excluding tert-OH is 2. The Labute approximate surface area is 143 Å². The number of hydrogen-bond acceptors (Lipinski definition) is 10. The van der Waals surface area contributed by atoms with E-state index < -0.39 is 11.4 Å². The largest absolute Gasteiger partial charge is 0.395 e. The number of anilines is 2. The molecule has 0 aliphatic heterocycles. The van der Waals surface area contributed by atoms with E-state index in [-0.39, 0.29) is 25.0 Å². The third-order valence-corrected chi connectivity index (χ3v) is 4.58. The first-order chi connectivity index (χ1) is 11.6. The molecule has 1 unspecified atom stereocenters. The minimum absolute atomic E-state index is 0.0667. The summed E-state index contributed by atoms with van der Waals surface area (Å²) in [6, 6.07) is 0. The van der Waals surface area contributed by atoms with Crippen LogP contribution >= 0.6 is 11.8 Å². The van der Waals surface area contributed by atoms with Gasteiger partial charge in [-0.2, -0.15) is 9.97 Å². The molecule has 2 aromatic heterocycles. The average molecular weight is 358 g/mol. The molecule has 0 saturated carbocycles. The molecule has 10 nitrogen and oxygen atoms in total. The summed E-state index contributed by atoms with van der Waals surface area (Å²) in [4.78, 5) is 12.1. The minimum atomic E-state index is -0.809. The number of aliphatic hydroxyl groups is 2. The summed E-state index contributed by atoms with van der Waals surface area (Å²) in [6.07, 6.45) is 0.759. The highest BCUT2D eigenvalue weighted by Crippen LogP contribution is 2.22. The predicted octanol–water partition coefficient (Wildman–Crippen LogP) is -0.934. The molecule has 0 spiro atoms. The quantitative estimate of drug-likeness (QED) is 0.391. The van der Waals surface area contributed by atoms with Crippen LogP contribution in [0.2, 0.25) is 0 Å². The smallest absolute Gasteiger partial charge is 0.224 e. The van der Waals surface area contributed by atoms with Gasteiger partial charge in [0.1, 0.15) is 5.52 Å². The zero-order valence-electron chi connectivity index (χ0n) is 13.3. The molecule has 0 radical (unpaired) electrons. The Morgan fingerprint density at radius 3 is 2.83 bits per heavy atom. The lowest BCUT2D eigenvalue weighted by molar-refractivity contribution is 0.00753. The first kappa shape index (κ1) is 18.7. The number of nitrogens with zero attached hydrogens (tertiary/aromatic N) is 4. The van der Waals surface area contributed by atoms with Crippen molar-refractivity contribution in [2.75, 3.05) is 45.0 Å². The number of hydrogen-bond donors (Lipinski definition) is 4. The first-order valence-electron chi connectivity index (χ1n) is 7.27. The van der Waals surface area contributed by atoms with E-state index in [2.05, 4.69) is 15.0 Å². The molecule has 2 aromatic rings. The van der Waals surface area contributed by atoms with Gasteiger partial charge in [0.05, 0.1) is 50.0 Å². The Balaban J connectivity index is 1.95. The van der Waals surface area contributed by atoms with Crippen LogP contribution in [0.25, 0.3) is 11.2 Å². The van der Waals surface area contributed by atoms with Gasteiger partial charge in [-0.1, -0.05) is 0 Å². The molecule has 0 saturated heterocycles. The zero-order chi connectivity index (χ0) is 17.5. The summed E-state index contributed by atoms with van der Waals surface area (Å²) in [7, 11) is 1.57. The van der Waals surface area contributed by atoms with E-state index >= 15 is 0 Å². The second-order valence-electron chi connectivity index (χ2n) is 5.01. The highest BCUT2D eigenvalue weighted by atomic mass is 32.2. The Bertz CT molecular complexity index is 655. The summed E-state index contributed by atoms with van der Waals surface area (Å²) in [5.74, 6) is 0.691. The van der Waals surface area contributed by atoms with Gasteiger partial charge in [-0.25, -0.2) is 4.98 Å². The van der Waals surface area contributed by atoms with Crippen molar-refractivity contribution in [1.82, 2.24) is 19.5 Å². The number of thioether (sulfide) groups is 1. The molecule has 134 valence electrons. The molecule has 0 aromatic carbocycles. The molecule has 0 fully saturated rings. The van der Waals surface area contributed by atoms with Crippen molar-refractivity contribution in [2.45, 2.75) is 17.2 Å². The van der Waals surface area contributed by atoms with Crippen molar-refractivity contribution < 1.29 is 19.7 Å². The Hall–Kier alpha value is -1.66. The van der Waals surface area contributed by atoms with Crippen LogP contribution in [0.15, 0.2) is 6.33 Å². The summed E-state index contributed by atoms with van der Waals surface area (Å²) in [5.41, 5.74) is 12.3. The van der Waals surface area contributed by atoms with Gasteiger partial charge in [-0.3, -0.25) is 0 Å². The molecule has 6 N–H and O–H groups in total. The summed E-state index contributed by atoms with van der Waals surface area (Å²) in [5, 5.41) is 19.2. The van der Waals surface area contributed by atoms with E-state index in [9.17, 15) is 10.2 Å². The molecule has 2 rings (SSSR count). The second kappa shape index (κ2) is 8.99.